The maximum absolute atomic E-state index is 11.3. The van der Waals surface area contributed by atoms with Gasteiger partial charge in [0.05, 0.1) is 17.7 Å². The Labute approximate surface area is 143 Å². The number of ketones is 1. The Balaban J connectivity index is 2.12. The van der Waals surface area contributed by atoms with Gasteiger partial charge in [-0.1, -0.05) is 0 Å². The van der Waals surface area contributed by atoms with Crippen molar-refractivity contribution in [2.45, 2.75) is 6.92 Å². The van der Waals surface area contributed by atoms with Gasteiger partial charge >= 0.3 is 0 Å². The summed E-state index contributed by atoms with van der Waals surface area (Å²) in [6.45, 7) is 1.49. The minimum atomic E-state index is -0.498. The summed E-state index contributed by atoms with van der Waals surface area (Å²) in [6.07, 6.45) is 0. The van der Waals surface area contributed by atoms with Crippen LogP contribution in [0.15, 0.2) is 42.5 Å². The normalized spacial score (nSPS) is 9.92. The lowest BCUT2D eigenvalue weighted by Crippen LogP contribution is -2.19. The second-order valence-corrected chi connectivity index (χ2v) is 5.26. The Kier molecular flexibility index (Phi) is 5.43. The van der Waals surface area contributed by atoms with E-state index in [2.05, 4.69) is 10.6 Å². The molecule has 0 heterocycles. The highest BCUT2D eigenvalue weighted by Gasteiger charge is 2.12. The number of nitro benzene ring substituents is 1. The molecule has 0 radical (unpaired) electrons. The van der Waals surface area contributed by atoms with Gasteiger partial charge in [0.2, 0.25) is 0 Å². The third-order valence-corrected chi connectivity index (χ3v) is 3.40. The zero-order valence-corrected chi connectivity index (χ0v) is 13.8. The van der Waals surface area contributed by atoms with Crippen LogP contribution >= 0.6 is 12.2 Å². The van der Waals surface area contributed by atoms with Crippen LogP contribution in [-0.2, 0) is 0 Å². The van der Waals surface area contributed by atoms with Gasteiger partial charge in [-0.05, 0) is 49.5 Å². The van der Waals surface area contributed by atoms with E-state index in [0.717, 1.165) is 0 Å². The topological polar surface area (TPSA) is 93.5 Å². The third kappa shape index (κ3) is 4.26. The zero-order chi connectivity index (χ0) is 17.7. The Morgan fingerprint density at radius 1 is 1.17 bits per heavy atom. The molecule has 0 spiro atoms. The SMILES string of the molecule is COc1ccc([N+](=O)[O-])cc1NC(=S)Nc1ccc(C(C)=O)cc1. The Hall–Kier alpha value is -3.00. The molecular weight excluding hydrogens is 330 g/mol. The number of methoxy groups -OCH3 is 1. The first-order valence-corrected chi connectivity index (χ1v) is 7.33. The zero-order valence-electron chi connectivity index (χ0n) is 13.0. The molecule has 0 aliphatic heterocycles. The standard InChI is InChI=1S/C16H15N3O4S/c1-10(20)11-3-5-12(6-4-11)17-16(24)18-14-9-13(19(21)22)7-8-15(14)23-2/h3-9H,1-2H3,(H2,17,18,24). The number of rotatable bonds is 5. The van der Waals surface area contributed by atoms with E-state index in [1.54, 1.807) is 24.3 Å². The van der Waals surface area contributed by atoms with Crippen molar-refractivity contribution in [3.05, 3.63) is 58.1 Å². The highest BCUT2D eigenvalue weighted by Crippen LogP contribution is 2.29. The quantitative estimate of drug-likeness (QED) is 0.370. The first-order chi connectivity index (χ1) is 11.4. The highest BCUT2D eigenvalue weighted by molar-refractivity contribution is 7.80. The minimum absolute atomic E-state index is 0.0245. The van der Waals surface area contributed by atoms with Gasteiger partial charge in [-0.3, -0.25) is 14.9 Å². The van der Waals surface area contributed by atoms with Crippen LogP contribution in [0, 0.1) is 10.1 Å². The lowest BCUT2D eigenvalue weighted by Gasteiger charge is -2.13. The largest absolute Gasteiger partial charge is 0.495 e. The molecule has 0 saturated carbocycles. The number of carbonyl (C=O) groups is 1. The summed E-state index contributed by atoms with van der Waals surface area (Å²) in [4.78, 5) is 21.6. The average molecular weight is 345 g/mol. The van der Waals surface area contributed by atoms with Crippen molar-refractivity contribution in [1.29, 1.82) is 0 Å². The van der Waals surface area contributed by atoms with Crippen LogP contribution in [0.4, 0.5) is 17.1 Å². The van der Waals surface area contributed by atoms with Gasteiger partial charge in [-0.2, -0.15) is 0 Å². The van der Waals surface area contributed by atoms with E-state index >= 15 is 0 Å². The molecule has 8 heteroatoms. The molecule has 2 N–H and O–H groups in total. The summed E-state index contributed by atoms with van der Waals surface area (Å²) in [5.41, 5.74) is 1.58. The molecule has 2 aromatic carbocycles. The molecule has 0 unspecified atom stereocenters. The molecule has 2 aromatic rings. The number of non-ortho nitro benzene ring substituents is 1. The van der Waals surface area contributed by atoms with E-state index < -0.39 is 4.92 Å². The van der Waals surface area contributed by atoms with Gasteiger partial charge in [0.15, 0.2) is 10.9 Å². The molecule has 0 saturated heterocycles. The van der Waals surface area contributed by atoms with E-state index in [0.29, 0.717) is 22.7 Å². The van der Waals surface area contributed by atoms with Crippen LogP contribution < -0.4 is 15.4 Å². The first kappa shape index (κ1) is 17.4. The Morgan fingerprint density at radius 2 is 1.83 bits per heavy atom. The maximum Gasteiger partial charge on any atom is 0.271 e. The fraction of sp³-hybridized carbons (Fsp3) is 0.125. The number of nitrogens with one attached hydrogen (secondary N) is 2. The predicted octanol–water partition coefficient (Wildman–Crippen LogP) is 3.61. The van der Waals surface area contributed by atoms with Crippen molar-refractivity contribution in [1.82, 2.24) is 0 Å². The minimum Gasteiger partial charge on any atom is -0.495 e. The van der Waals surface area contributed by atoms with E-state index in [1.165, 1.54) is 32.2 Å². The van der Waals surface area contributed by atoms with Crippen molar-refractivity contribution in [2.24, 2.45) is 0 Å². The van der Waals surface area contributed by atoms with Crippen LogP contribution in [0.1, 0.15) is 17.3 Å². The first-order valence-electron chi connectivity index (χ1n) is 6.92. The van der Waals surface area contributed by atoms with Crippen molar-refractivity contribution < 1.29 is 14.5 Å². The molecule has 0 bridgehead atoms. The summed E-state index contributed by atoms with van der Waals surface area (Å²) in [5.74, 6) is 0.403. The van der Waals surface area contributed by atoms with Crippen LogP contribution in [0.2, 0.25) is 0 Å². The number of ether oxygens (including phenoxy) is 1. The highest BCUT2D eigenvalue weighted by atomic mass is 32.1. The monoisotopic (exact) mass is 345 g/mol. The predicted molar refractivity (Wildman–Crippen MR) is 95.9 cm³/mol. The van der Waals surface area contributed by atoms with Crippen molar-refractivity contribution in [3.8, 4) is 5.75 Å². The lowest BCUT2D eigenvalue weighted by atomic mass is 10.1. The summed E-state index contributed by atoms with van der Waals surface area (Å²) in [5, 5.41) is 16.9. The summed E-state index contributed by atoms with van der Waals surface area (Å²) in [7, 11) is 1.46. The Bertz CT molecular complexity index is 790. The molecule has 0 amide bonds. The smallest absolute Gasteiger partial charge is 0.271 e. The number of thiocarbonyl (C=S) groups is 1. The summed E-state index contributed by atoms with van der Waals surface area (Å²) >= 11 is 5.20. The second kappa shape index (κ2) is 7.51. The number of anilines is 2. The number of nitrogens with zero attached hydrogens (tertiary/aromatic N) is 1. The molecule has 0 aliphatic carbocycles. The number of hydrogen-bond donors (Lipinski definition) is 2. The van der Waals surface area contributed by atoms with Crippen molar-refractivity contribution >= 4 is 40.2 Å². The van der Waals surface area contributed by atoms with E-state index in [1.807, 2.05) is 0 Å². The van der Waals surface area contributed by atoms with Crippen molar-refractivity contribution in [3.63, 3.8) is 0 Å². The van der Waals surface area contributed by atoms with Crippen LogP contribution in [0.3, 0.4) is 0 Å². The fourth-order valence-corrected chi connectivity index (χ4v) is 2.21. The van der Waals surface area contributed by atoms with Gasteiger partial charge in [0, 0.05) is 23.4 Å². The van der Waals surface area contributed by atoms with E-state index in [9.17, 15) is 14.9 Å². The second-order valence-electron chi connectivity index (χ2n) is 4.85. The number of nitro groups is 1. The molecule has 2 rings (SSSR count). The summed E-state index contributed by atoms with van der Waals surface area (Å²) < 4.78 is 5.16. The fourth-order valence-electron chi connectivity index (χ4n) is 1.98. The maximum atomic E-state index is 11.3. The van der Waals surface area contributed by atoms with Crippen LogP contribution in [0.25, 0.3) is 0 Å². The molecule has 124 valence electrons. The van der Waals surface area contributed by atoms with Gasteiger partial charge in [0.1, 0.15) is 5.75 Å². The molecule has 0 aliphatic rings. The molecule has 7 nitrogen and oxygen atoms in total. The molecule has 0 fully saturated rings. The van der Waals surface area contributed by atoms with Gasteiger partial charge in [-0.25, -0.2) is 0 Å². The van der Waals surface area contributed by atoms with Gasteiger partial charge < -0.3 is 15.4 Å². The molecular formula is C16H15N3O4S. The summed E-state index contributed by atoms with van der Waals surface area (Å²) in [6, 6.07) is 11.0. The molecule has 0 atom stereocenters. The average Bonchev–Trinajstić information content (AvgIpc) is 2.55. The van der Waals surface area contributed by atoms with E-state index in [4.69, 9.17) is 17.0 Å². The van der Waals surface area contributed by atoms with Crippen LogP contribution in [-0.4, -0.2) is 22.9 Å². The molecule has 0 aromatic heterocycles. The Morgan fingerprint density at radius 3 is 2.38 bits per heavy atom. The van der Waals surface area contributed by atoms with E-state index in [-0.39, 0.29) is 16.6 Å². The molecule has 24 heavy (non-hydrogen) atoms. The lowest BCUT2D eigenvalue weighted by molar-refractivity contribution is -0.384. The number of benzene rings is 2. The number of carbonyl (C=O) groups excluding carboxylic acids is 1. The van der Waals surface area contributed by atoms with Gasteiger partial charge in [-0.15, -0.1) is 0 Å². The third-order valence-electron chi connectivity index (χ3n) is 3.19. The van der Waals surface area contributed by atoms with Crippen LogP contribution in [0.5, 0.6) is 5.75 Å². The number of hydrogen-bond acceptors (Lipinski definition) is 5. The van der Waals surface area contributed by atoms with Crippen molar-refractivity contribution in [2.75, 3.05) is 17.7 Å². The van der Waals surface area contributed by atoms with Gasteiger partial charge in [0.25, 0.3) is 5.69 Å². The number of Topliss-reactive ketones (excluding diaryl/α,β-unsaturated/α-hetero) is 1.